The van der Waals surface area contributed by atoms with E-state index in [1.807, 2.05) is 0 Å². The average Bonchev–Trinajstić information content (AvgIpc) is 2.81. The van der Waals surface area contributed by atoms with Crippen LogP contribution >= 0.6 is 11.8 Å². The minimum atomic E-state index is -1.45. The van der Waals surface area contributed by atoms with E-state index >= 15 is 0 Å². The number of carboxylic acids is 1. The molecule has 0 bridgehead atoms. The number of nitrogens with one attached hydrogen (secondary N) is 1. The van der Waals surface area contributed by atoms with E-state index in [4.69, 9.17) is 5.11 Å². The van der Waals surface area contributed by atoms with Crippen LogP contribution in [0.2, 0.25) is 0 Å². The molecule has 2 rings (SSSR count). The Morgan fingerprint density at radius 1 is 1.43 bits per heavy atom. The van der Waals surface area contributed by atoms with Crippen LogP contribution < -0.4 is 5.32 Å². The molecule has 1 aliphatic rings. The Labute approximate surface area is 124 Å². The van der Waals surface area contributed by atoms with Crippen LogP contribution in [0.3, 0.4) is 0 Å². The Kier molecular flexibility index (Phi) is 4.79. The molecule has 0 radical (unpaired) electrons. The monoisotopic (exact) mass is 312 g/mol. The molecule has 1 aliphatic heterocycles. The van der Waals surface area contributed by atoms with E-state index in [1.54, 1.807) is 4.90 Å². The van der Waals surface area contributed by atoms with Crippen molar-refractivity contribution in [2.24, 2.45) is 0 Å². The number of thioether (sulfide) groups is 1. The predicted molar refractivity (Wildman–Crippen MR) is 76.0 cm³/mol. The molecule has 1 heterocycles. The fraction of sp³-hybridized carbons (Fsp3) is 0.308. The largest absolute Gasteiger partial charge is 0.478 e. The summed E-state index contributed by atoms with van der Waals surface area (Å²) < 4.78 is 13.4. The zero-order valence-electron chi connectivity index (χ0n) is 11.0. The van der Waals surface area contributed by atoms with E-state index in [2.05, 4.69) is 5.32 Å². The molecule has 1 saturated heterocycles. The van der Waals surface area contributed by atoms with Crippen molar-refractivity contribution in [3.8, 4) is 0 Å². The van der Waals surface area contributed by atoms with Gasteiger partial charge in [-0.3, -0.25) is 9.59 Å². The first-order valence-corrected chi connectivity index (χ1v) is 7.21. The van der Waals surface area contributed by atoms with Gasteiger partial charge in [0.2, 0.25) is 5.91 Å². The quantitative estimate of drug-likeness (QED) is 0.868. The molecule has 0 aliphatic carbocycles. The van der Waals surface area contributed by atoms with Crippen LogP contribution in [0.15, 0.2) is 18.2 Å². The number of nitrogens with zero attached hydrogens (tertiary/aromatic N) is 1. The third-order valence-electron chi connectivity index (χ3n) is 2.96. The van der Waals surface area contributed by atoms with Crippen LogP contribution in [0, 0.1) is 5.82 Å². The Morgan fingerprint density at radius 2 is 2.19 bits per heavy atom. The van der Waals surface area contributed by atoms with E-state index in [-0.39, 0.29) is 23.9 Å². The summed E-state index contributed by atoms with van der Waals surface area (Å²) in [7, 11) is 0. The minimum Gasteiger partial charge on any atom is -0.478 e. The summed E-state index contributed by atoms with van der Waals surface area (Å²) in [6.07, 6.45) is 0.0296. The summed E-state index contributed by atoms with van der Waals surface area (Å²) in [5.74, 6) is -2.12. The Hall–Kier alpha value is -2.09. The lowest BCUT2D eigenvalue weighted by Gasteiger charge is -2.14. The number of anilines is 1. The first kappa shape index (κ1) is 15.3. The van der Waals surface area contributed by atoms with Crippen molar-refractivity contribution >= 4 is 34.6 Å². The molecular weight excluding hydrogens is 299 g/mol. The number of carbonyl (C=O) groups is 3. The molecule has 0 spiro atoms. The van der Waals surface area contributed by atoms with Gasteiger partial charge in [0, 0.05) is 25.3 Å². The van der Waals surface area contributed by atoms with Crippen LogP contribution in [0.1, 0.15) is 16.8 Å². The number of benzene rings is 1. The molecule has 0 unspecified atom stereocenters. The number of hydrogen-bond donors (Lipinski definition) is 2. The zero-order chi connectivity index (χ0) is 15.4. The molecule has 0 aromatic heterocycles. The fourth-order valence-corrected chi connectivity index (χ4v) is 2.78. The maximum absolute atomic E-state index is 13.4. The van der Waals surface area contributed by atoms with Crippen molar-refractivity contribution in [3.63, 3.8) is 0 Å². The molecule has 112 valence electrons. The highest BCUT2D eigenvalue weighted by Gasteiger charge is 2.22. The van der Waals surface area contributed by atoms with Crippen molar-refractivity contribution in [3.05, 3.63) is 29.6 Å². The summed E-state index contributed by atoms with van der Waals surface area (Å²) >= 11 is 1.20. The molecular formula is C13H13FN2O4S. The Morgan fingerprint density at radius 3 is 2.81 bits per heavy atom. The van der Waals surface area contributed by atoms with Crippen LogP contribution in [-0.2, 0) is 4.79 Å². The molecule has 0 saturated carbocycles. The van der Waals surface area contributed by atoms with Gasteiger partial charge in [-0.25, -0.2) is 9.18 Å². The van der Waals surface area contributed by atoms with Gasteiger partial charge >= 0.3 is 5.97 Å². The number of hydrogen-bond acceptors (Lipinski definition) is 4. The number of rotatable bonds is 5. The maximum Gasteiger partial charge on any atom is 0.340 e. The smallest absolute Gasteiger partial charge is 0.340 e. The van der Waals surface area contributed by atoms with Gasteiger partial charge in [-0.2, -0.15) is 0 Å². The number of amides is 2. The predicted octanol–water partition coefficient (Wildman–Crippen LogP) is 2.02. The van der Waals surface area contributed by atoms with E-state index in [0.717, 1.165) is 6.07 Å². The minimum absolute atomic E-state index is 0.0296. The van der Waals surface area contributed by atoms with Gasteiger partial charge in [0.05, 0.1) is 5.69 Å². The summed E-state index contributed by atoms with van der Waals surface area (Å²) in [4.78, 5) is 35.7. The first-order valence-electron chi connectivity index (χ1n) is 6.22. The van der Waals surface area contributed by atoms with Crippen molar-refractivity contribution < 1.29 is 23.9 Å². The SMILES string of the molecule is O=C(CCN1CCSC1=O)Nc1cccc(F)c1C(=O)O. The van der Waals surface area contributed by atoms with E-state index in [1.165, 1.54) is 23.9 Å². The average molecular weight is 312 g/mol. The van der Waals surface area contributed by atoms with Crippen molar-refractivity contribution in [2.45, 2.75) is 6.42 Å². The van der Waals surface area contributed by atoms with Gasteiger partial charge in [-0.15, -0.1) is 0 Å². The summed E-state index contributed by atoms with van der Waals surface area (Å²) in [6.45, 7) is 0.854. The maximum atomic E-state index is 13.4. The second kappa shape index (κ2) is 6.57. The number of carboxylic acid groups (broad SMARTS) is 1. The van der Waals surface area contributed by atoms with Crippen molar-refractivity contribution in [2.75, 3.05) is 24.2 Å². The topological polar surface area (TPSA) is 86.7 Å². The van der Waals surface area contributed by atoms with E-state index < -0.39 is 23.3 Å². The van der Waals surface area contributed by atoms with Gasteiger partial charge in [-0.1, -0.05) is 17.8 Å². The van der Waals surface area contributed by atoms with Gasteiger partial charge in [-0.05, 0) is 12.1 Å². The number of halogens is 1. The molecule has 0 atom stereocenters. The molecule has 1 aromatic rings. The third kappa shape index (κ3) is 3.72. The first-order chi connectivity index (χ1) is 9.99. The highest BCUT2D eigenvalue weighted by Crippen LogP contribution is 2.20. The lowest BCUT2D eigenvalue weighted by molar-refractivity contribution is -0.116. The number of aromatic carboxylic acids is 1. The van der Waals surface area contributed by atoms with Gasteiger partial charge in [0.15, 0.2) is 0 Å². The van der Waals surface area contributed by atoms with Crippen molar-refractivity contribution in [1.82, 2.24) is 4.90 Å². The summed E-state index contributed by atoms with van der Waals surface area (Å²) in [5.41, 5.74) is -0.659. The van der Waals surface area contributed by atoms with E-state index in [9.17, 15) is 18.8 Å². The zero-order valence-corrected chi connectivity index (χ0v) is 11.8. The summed E-state index contributed by atoms with van der Waals surface area (Å²) in [6, 6.07) is 3.65. The lowest BCUT2D eigenvalue weighted by Crippen LogP contribution is -2.28. The Balaban J connectivity index is 1.98. The molecule has 8 heteroatoms. The molecule has 21 heavy (non-hydrogen) atoms. The molecule has 2 amide bonds. The van der Waals surface area contributed by atoms with Gasteiger partial charge < -0.3 is 15.3 Å². The van der Waals surface area contributed by atoms with Gasteiger partial charge in [0.25, 0.3) is 5.24 Å². The number of carbonyl (C=O) groups excluding carboxylic acids is 2. The van der Waals surface area contributed by atoms with Crippen LogP contribution in [0.25, 0.3) is 0 Å². The van der Waals surface area contributed by atoms with Crippen LogP contribution in [0.4, 0.5) is 14.9 Å². The highest BCUT2D eigenvalue weighted by molar-refractivity contribution is 8.13. The molecule has 6 nitrogen and oxygen atoms in total. The van der Waals surface area contributed by atoms with Crippen LogP contribution in [-0.4, -0.2) is 46.0 Å². The second-order valence-electron chi connectivity index (χ2n) is 4.37. The third-order valence-corrected chi connectivity index (χ3v) is 3.85. The fourth-order valence-electron chi connectivity index (χ4n) is 1.92. The standard InChI is InChI=1S/C13H13FN2O4S/c14-8-2-1-3-9(11(8)12(18)19)15-10(17)4-5-16-6-7-21-13(16)20/h1-3H,4-7H2,(H,15,17)(H,18,19). The summed E-state index contributed by atoms with van der Waals surface area (Å²) in [5, 5.41) is 11.2. The normalized spacial score (nSPS) is 14.3. The lowest BCUT2D eigenvalue weighted by atomic mass is 10.1. The van der Waals surface area contributed by atoms with E-state index in [0.29, 0.717) is 12.3 Å². The molecule has 2 N–H and O–H groups in total. The highest BCUT2D eigenvalue weighted by atomic mass is 32.2. The van der Waals surface area contributed by atoms with Crippen molar-refractivity contribution in [1.29, 1.82) is 0 Å². The second-order valence-corrected chi connectivity index (χ2v) is 5.41. The molecule has 1 fully saturated rings. The Bertz CT molecular complexity index is 594. The van der Waals surface area contributed by atoms with Crippen LogP contribution in [0.5, 0.6) is 0 Å². The molecule has 1 aromatic carbocycles. The van der Waals surface area contributed by atoms with Gasteiger partial charge in [0.1, 0.15) is 11.4 Å².